The van der Waals surface area contributed by atoms with Crippen molar-refractivity contribution in [3.63, 3.8) is 0 Å². The number of carboxylic acid groups (broad SMARTS) is 1. The van der Waals surface area contributed by atoms with Crippen molar-refractivity contribution in [1.29, 1.82) is 0 Å². The average Bonchev–Trinajstić information content (AvgIpc) is 2.84. The maximum Gasteiger partial charge on any atom is 0.337 e. The van der Waals surface area contributed by atoms with E-state index >= 15 is 0 Å². The summed E-state index contributed by atoms with van der Waals surface area (Å²) in [5, 5.41) is 10.6. The lowest BCUT2D eigenvalue weighted by atomic mass is 10.1. The molecule has 0 aliphatic heterocycles. The van der Waals surface area contributed by atoms with E-state index in [1.54, 1.807) is 0 Å². The van der Waals surface area contributed by atoms with Crippen LogP contribution in [0.25, 0.3) is 10.2 Å². The van der Waals surface area contributed by atoms with Crippen LogP contribution in [0.1, 0.15) is 21.7 Å². The zero-order chi connectivity index (χ0) is 14.1. The number of carbonyl (C=O) groups is 1. The summed E-state index contributed by atoms with van der Waals surface area (Å²) in [7, 11) is 0. The number of nitrogens with one attached hydrogen (secondary N) is 1. The molecule has 0 spiro atoms. The molecular formula is C14H10N2O3S. The molecule has 0 fully saturated rings. The summed E-state index contributed by atoms with van der Waals surface area (Å²) >= 11 is 1.17. The molecule has 5 nitrogen and oxygen atoms in total. The molecule has 100 valence electrons. The number of hydrogen-bond donors (Lipinski definition) is 2. The molecule has 0 saturated carbocycles. The van der Waals surface area contributed by atoms with Crippen LogP contribution in [0.5, 0.6) is 0 Å². The van der Waals surface area contributed by atoms with E-state index in [9.17, 15) is 9.59 Å². The minimum atomic E-state index is -1.11. The second-order valence-corrected chi connectivity index (χ2v) is 5.17. The highest BCUT2D eigenvalue weighted by Crippen LogP contribution is 2.21. The minimum absolute atomic E-state index is 0.00464. The van der Waals surface area contributed by atoms with Gasteiger partial charge in [0.1, 0.15) is 10.7 Å². The predicted octanol–water partition coefficient (Wildman–Crippen LogP) is 2.27. The molecule has 2 heterocycles. The van der Waals surface area contributed by atoms with E-state index in [4.69, 9.17) is 5.11 Å². The highest BCUT2D eigenvalue weighted by atomic mass is 32.1. The number of aromatic nitrogens is 2. The van der Waals surface area contributed by atoms with Gasteiger partial charge in [-0.15, -0.1) is 11.3 Å². The first-order chi connectivity index (χ1) is 9.65. The summed E-state index contributed by atoms with van der Waals surface area (Å²) < 4.78 is 0. The molecule has 3 rings (SSSR count). The fourth-order valence-electron chi connectivity index (χ4n) is 2.02. The molecule has 3 aromatic rings. The number of rotatable bonds is 3. The molecule has 0 saturated heterocycles. The van der Waals surface area contributed by atoms with Crippen LogP contribution in [-0.2, 0) is 6.42 Å². The summed E-state index contributed by atoms with van der Waals surface area (Å²) in [6.45, 7) is 0. The minimum Gasteiger partial charge on any atom is -0.478 e. The van der Waals surface area contributed by atoms with Crippen molar-refractivity contribution < 1.29 is 9.90 Å². The first kappa shape index (κ1) is 12.6. The van der Waals surface area contributed by atoms with Crippen molar-refractivity contribution in [3.8, 4) is 0 Å². The third-order valence-corrected chi connectivity index (χ3v) is 3.81. The van der Waals surface area contributed by atoms with Crippen LogP contribution in [-0.4, -0.2) is 21.0 Å². The van der Waals surface area contributed by atoms with E-state index in [-0.39, 0.29) is 10.9 Å². The quantitative estimate of drug-likeness (QED) is 0.773. The Bertz CT molecular complexity index is 836. The van der Waals surface area contributed by atoms with Crippen molar-refractivity contribution in [1.82, 2.24) is 9.97 Å². The summed E-state index contributed by atoms with van der Waals surface area (Å²) in [5.74, 6) is -0.577. The molecule has 0 radical (unpaired) electrons. The van der Waals surface area contributed by atoms with Crippen LogP contribution in [0.4, 0.5) is 0 Å². The number of hydrogen-bond acceptors (Lipinski definition) is 4. The highest BCUT2D eigenvalue weighted by Gasteiger charge is 2.16. The smallest absolute Gasteiger partial charge is 0.337 e. The fourth-order valence-corrected chi connectivity index (χ4v) is 2.96. The van der Waals surface area contributed by atoms with Crippen LogP contribution < -0.4 is 5.56 Å². The summed E-state index contributed by atoms with van der Waals surface area (Å²) in [4.78, 5) is 30.5. The number of aromatic amines is 1. The number of carboxylic acids is 1. The van der Waals surface area contributed by atoms with E-state index in [2.05, 4.69) is 9.97 Å². The third-order valence-electron chi connectivity index (χ3n) is 2.94. The molecule has 2 N–H and O–H groups in total. The predicted molar refractivity (Wildman–Crippen MR) is 76.4 cm³/mol. The standard InChI is InChI=1S/C14H10N2O3S/c17-12-11-9(14(18)19)7-20-13(11)16-10(15-12)6-8-4-2-1-3-5-8/h1-5,7H,6H2,(H,18,19)(H,15,16,17). The topological polar surface area (TPSA) is 83.0 Å². The van der Waals surface area contributed by atoms with Gasteiger partial charge in [0.25, 0.3) is 5.56 Å². The third kappa shape index (κ3) is 2.21. The molecule has 20 heavy (non-hydrogen) atoms. The van der Waals surface area contributed by atoms with Crippen molar-refractivity contribution in [2.24, 2.45) is 0 Å². The van der Waals surface area contributed by atoms with E-state index in [0.717, 1.165) is 5.56 Å². The molecule has 0 unspecified atom stereocenters. The van der Waals surface area contributed by atoms with E-state index < -0.39 is 11.5 Å². The highest BCUT2D eigenvalue weighted by molar-refractivity contribution is 7.17. The Morgan fingerprint density at radius 3 is 2.75 bits per heavy atom. The number of benzene rings is 1. The maximum absolute atomic E-state index is 12.0. The Hall–Kier alpha value is -2.47. The lowest BCUT2D eigenvalue weighted by Gasteiger charge is -2.01. The summed E-state index contributed by atoms with van der Waals surface area (Å²) in [5.41, 5.74) is 0.634. The van der Waals surface area contributed by atoms with Gasteiger partial charge in [0, 0.05) is 11.8 Å². The maximum atomic E-state index is 12.0. The van der Waals surface area contributed by atoms with Crippen LogP contribution in [0.3, 0.4) is 0 Å². The molecule has 0 bridgehead atoms. The van der Waals surface area contributed by atoms with Crippen LogP contribution in [0.2, 0.25) is 0 Å². The first-order valence-electron chi connectivity index (χ1n) is 5.93. The molecule has 2 aromatic heterocycles. The molecule has 1 aromatic carbocycles. The lowest BCUT2D eigenvalue weighted by Crippen LogP contribution is -2.13. The zero-order valence-electron chi connectivity index (χ0n) is 10.3. The van der Waals surface area contributed by atoms with Gasteiger partial charge in [0.05, 0.1) is 10.9 Å². The fraction of sp³-hybridized carbons (Fsp3) is 0.0714. The van der Waals surface area contributed by atoms with Gasteiger partial charge in [-0.3, -0.25) is 4.79 Å². The van der Waals surface area contributed by atoms with Gasteiger partial charge in [-0.05, 0) is 5.56 Å². The monoisotopic (exact) mass is 286 g/mol. The van der Waals surface area contributed by atoms with Crippen LogP contribution in [0, 0.1) is 0 Å². The van der Waals surface area contributed by atoms with Gasteiger partial charge < -0.3 is 10.1 Å². The Labute approximate surface area is 117 Å². The van der Waals surface area contributed by atoms with Gasteiger partial charge in [-0.2, -0.15) is 0 Å². The van der Waals surface area contributed by atoms with Crippen molar-refractivity contribution in [2.45, 2.75) is 6.42 Å². The molecular weight excluding hydrogens is 276 g/mol. The Morgan fingerprint density at radius 2 is 2.05 bits per heavy atom. The molecule has 0 amide bonds. The van der Waals surface area contributed by atoms with Crippen molar-refractivity contribution in [2.75, 3.05) is 0 Å². The number of thiophene rings is 1. The number of nitrogens with zero attached hydrogens (tertiary/aromatic N) is 1. The second-order valence-electron chi connectivity index (χ2n) is 4.31. The van der Waals surface area contributed by atoms with Crippen LogP contribution in [0.15, 0.2) is 40.5 Å². The van der Waals surface area contributed by atoms with Crippen molar-refractivity contribution in [3.05, 3.63) is 63.0 Å². The Morgan fingerprint density at radius 1 is 1.30 bits per heavy atom. The molecule has 6 heteroatoms. The van der Waals surface area contributed by atoms with Gasteiger partial charge in [0.2, 0.25) is 0 Å². The average molecular weight is 286 g/mol. The van der Waals surface area contributed by atoms with E-state index in [1.807, 2.05) is 30.3 Å². The van der Waals surface area contributed by atoms with Gasteiger partial charge in [0.15, 0.2) is 0 Å². The van der Waals surface area contributed by atoms with Crippen LogP contribution >= 0.6 is 11.3 Å². The SMILES string of the molecule is O=C(O)c1csc2nc(Cc3ccccc3)[nH]c(=O)c12. The molecule has 0 atom stereocenters. The Balaban J connectivity index is 2.07. The first-order valence-corrected chi connectivity index (χ1v) is 6.81. The normalized spacial score (nSPS) is 10.8. The molecule has 0 aliphatic rings. The summed E-state index contributed by atoms with van der Waals surface area (Å²) in [6.07, 6.45) is 0.506. The second kappa shape index (κ2) is 4.90. The Kier molecular flexibility index (Phi) is 3.08. The van der Waals surface area contributed by atoms with Crippen molar-refractivity contribution >= 4 is 27.5 Å². The van der Waals surface area contributed by atoms with Gasteiger partial charge in [-0.25, -0.2) is 9.78 Å². The lowest BCUT2D eigenvalue weighted by molar-refractivity contribution is 0.0699. The molecule has 0 aliphatic carbocycles. The summed E-state index contributed by atoms with van der Waals surface area (Å²) in [6, 6.07) is 9.64. The van der Waals surface area contributed by atoms with Gasteiger partial charge in [-0.1, -0.05) is 30.3 Å². The van der Waals surface area contributed by atoms with E-state index in [0.29, 0.717) is 17.1 Å². The number of fused-ring (bicyclic) bond motifs is 1. The number of H-pyrrole nitrogens is 1. The zero-order valence-corrected chi connectivity index (χ0v) is 11.1. The van der Waals surface area contributed by atoms with E-state index in [1.165, 1.54) is 16.7 Å². The largest absolute Gasteiger partial charge is 0.478 e. The number of aromatic carboxylic acids is 1. The van der Waals surface area contributed by atoms with Gasteiger partial charge >= 0.3 is 5.97 Å².